The minimum absolute atomic E-state index is 0.163. The highest BCUT2D eigenvalue weighted by molar-refractivity contribution is 6.29. The highest BCUT2D eigenvalue weighted by atomic mass is 16.2. The van der Waals surface area contributed by atoms with E-state index in [0.717, 1.165) is 0 Å². The van der Waals surface area contributed by atoms with Gasteiger partial charge < -0.3 is 11.5 Å². The van der Waals surface area contributed by atoms with Gasteiger partial charge in [0.2, 0.25) is 0 Å². The SMILES string of the molecule is CC(=O)C(C(C)=O)(C(C)=O)c1ccc(N)cc1N. The van der Waals surface area contributed by atoms with Crippen LogP contribution in [0.1, 0.15) is 26.3 Å². The van der Waals surface area contributed by atoms with Crippen LogP contribution in [0.4, 0.5) is 11.4 Å². The molecule has 0 saturated heterocycles. The van der Waals surface area contributed by atoms with Crippen LogP contribution in [0.2, 0.25) is 0 Å². The number of ketones is 3. The average Bonchev–Trinajstić information content (AvgIpc) is 2.20. The molecule has 1 rings (SSSR count). The minimum atomic E-state index is -1.82. The third kappa shape index (κ3) is 1.88. The monoisotopic (exact) mass is 248 g/mol. The molecule has 0 aliphatic heterocycles. The molecule has 0 unspecified atom stereocenters. The summed E-state index contributed by atoms with van der Waals surface area (Å²) < 4.78 is 0. The van der Waals surface area contributed by atoms with E-state index in [1.165, 1.54) is 39.0 Å². The second-order valence-electron chi connectivity index (χ2n) is 4.27. The molecule has 0 amide bonds. The molecule has 1 aromatic carbocycles. The molecular formula is C13H16N2O3. The van der Waals surface area contributed by atoms with Gasteiger partial charge in [0, 0.05) is 16.9 Å². The molecule has 1 aromatic rings. The molecule has 4 N–H and O–H groups in total. The Morgan fingerprint density at radius 1 is 0.944 bits per heavy atom. The molecule has 0 atom stereocenters. The molecule has 0 radical (unpaired) electrons. The van der Waals surface area contributed by atoms with Crippen LogP contribution in [0.3, 0.4) is 0 Å². The summed E-state index contributed by atoms with van der Waals surface area (Å²) in [5.41, 5.74) is 10.3. The fraction of sp³-hybridized carbons (Fsp3) is 0.308. The fourth-order valence-electron chi connectivity index (χ4n) is 2.24. The summed E-state index contributed by atoms with van der Waals surface area (Å²) in [5.74, 6) is -1.63. The van der Waals surface area contributed by atoms with E-state index in [4.69, 9.17) is 11.5 Å². The van der Waals surface area contributed by atoms with Gasteiger partial charge in [-0.05, 0) is 32.9 Å². The van der Waals surface area contributed by atoms with Crippen molar-refractivity contribution in [2.24, 2.45) is 0 Å². The summed E-state index contributed by atoms with van der Waals surface area (Å²) in [5, 5.41) is 0. The van der Waals surface area contributed by atoms with Crippen LogP contribution >= 0.6 is 0 Å². The van der Waals surface area contributed by atoms with Gasteiger partial charge in [0.1, 0.15) is 0 Å². The molecule has 0 saturated carbocycles. The highest BCUT2D eigenvalue weighted by Gasteiger charge is 2.48. The maximum absolute atomic E-state index is 11.9. The Balaban J connectivity index is 3.68. The lowest BCUT2D eigenvalue weighted by atomic mass is 9.70. The van der Waals surface area contributed by atoms with Crippen molar-refractivity contribution in [1.82, 2.24) is 0 Å². The lowest BCUT2D eigenvalue weighted by Gasteiger charge is -2.27. The summed E-state index contributed by atoms with van der Waals surface area (Å²) in [7, 11) is 0. The Labute approximate surface area is 105 Å². The van der Waals surface area contributed by atoms with Crippen molar-refractivity contribution < 1.29 is 14.4 Å². The van der Waals surface area contributed by atoms with Gasteiger partial charge in [-0.25, -0.2) is 0 Å². The van der Waals surface area contributed by atoms with Crippen LogP contribution in [0, 0.1) is 0 Å². The van der Waals surface area contributed by atoms with Gasteiger partial charge in [-0.1, -0.05) is 6.07 Å². The first-order valence-electron chi connectivity index (χ1n) is 5.43. The van der Waals surface area contributed by atoms with Crippen molar-refractivity contribution in [3.63, 3.8) is 0 Å². The van der Waals surface area contributed by atoms with Crippen LogP contribution in [0.15, 0.2) is 18.2 Å². The molecule has 0 fully saturated rings. The van der Waals surface area contributed by atoms with Gasteiger partial charge in [-0.3, -0.25) is 14.4 Å². The number of carbonyl (C=O) groups is 3. The summed E-state index contributed by atoms with van der Waals surface area (Å²) in [6, 6.07) is 4.39. The van der Waals surface area contributed by atoms with Crippen LogP contribution < -0.4 is 11.5 Å². The maximum atomic E-state index is 11.9. The first-order valence-corrected chi connectivity index (χ1v) is 5.43. The van der Waals surface area contributed by atoms with E-state index in [2.05, 4.69) is 0 Å². The second kappa shape index (κ2) is 4.60. The smallest absolute Gasteiger partial charge is 0.171 e. The topological polar surface area (TPSA) is 103 Å². The van der Waals surface area contributed by atoms with E-state index < -0.39 is 22.8 Å². The fourth-order valence-corrected chi connectivity index (χ4v) is 2.24. The lowest BCUT2D eigenvalue weighted by molar-refractivity contribution is -0.140. The van der Waals surface area contributed by atoms with Gasteiger partial charge in [0.25, 0.3) is 0 Å². The zero-order valence-electron chi connectivity index (χ0n) is 10.6. The molecule has 96 valence electrons. The molecule has 0 aliphatic carbocycles. The number of nitrogen functional groups attached to an aromatic ring is 2. The minimum Gasteiger partial charge on any atom is -0.399 e. The van der Waals surface area contributed by atoms with Gasteiger partial charge in [-0.2, -0.15) is 0 Å². The number of hydrogen-bond donors (Lipinski definition) is 2. The third-order valence-electron chi connectivity index (χ3n) is 3.06. The van der Waals surface area contributed by atoms with Crippen molar-refractivity contribution >= 4 is 28.7 Å². The molecule has 0 heterocycles. The van der Waals surface area contributed by atoms with Crippen LogP contribution in [-0.4, -0.2) is 17.3 Å². The first-order chi connectivity index (χ1) is 8.24. The standard InChI is InChI=1S/C13H16N2O3/c1-7(16)13(8(2)17,9(3)18)11-5-4-10(14)6-12(11)15/h4-6H,14-15H2,1-3H3. The zero-order valence-corrected chi connectivity index (χ0v) is 10.6. The number of anilines is 2. The molecule has 0 spiro atoms. The number of Topliss-reactive ketones (excluding diaryl/α,β-unsaturated/α-hetero) is 3. The third-order valence-corrected chi connectivity index (χ3v) is 3.06. The second-order valence-corrected chi connectivity index (χ2v) is 4.27. The van der Waals surface area contributed by atoms with Crippen molar-refractivity contribution in [2.75, 3.05) is 11.5 Å². The normalized spacial score (nSPS) is 11.1. The number of benzene rings is 1. The molecule has 5 heteroatoms. The Morgan fingerprint density at radius 2 is 1.39 bits per heavy atom. The summed E-state index contributed by atoms with van der Waals surface area (Å²) in [6.45, 7) is 3.62. The predicted molar refractivity (Wildman–Crippen MR) is 69.0 cm³/mol. The van der Waals surface area contributed by atoms with E-state index >= 15 is 0 Å². The largest absolute Gasteiger partial charge is 0.399 e. The summed E-state index contributed by atoms with van der Waals surface area (Å²) in [4.78, 5) is 35.6. The van der Waals surface area contributed by atoms with Crippen molar-refractivity contribution in [3.05, 3.63) is 23.8 Å². The molecular weight excluding hydrogens is 232 g/mol. The van der Waals surface area contributed by atoms with E-state index in [9.17, 15) is 14.4 Å². The predicted octanol–water partition coefficient (Wildman–Crippen LogP) is 0.856. The van der Waals surface area contributed by atoms with Crippen molar-refractivity contribution in [3.8, 4) is 0 Å². The summed E-state index contributed by atoms with van der Waals surface area (Å²) in [6.07, 6.45) is 0. The van der Waals surface area contributed by atoms with E-state index in [-0.39, 0.29) is 11.3 Å². The molecule has 18 heavy (non-hydrogen) atoms. The number of carbonyl (C=O) groups excluding carboxylic acids is 3. The molecule has 0 aromatic heterocycles. The summed E-state index contributed by atoms with van der Waals surface area (Å²) >= 11 is 0. The van der Waals surface area contributed by atoms with E-state index in [1.54, 1.807) is 0 Å². The van der Waals surface area contributed by atoms with Crippen LogP contribution in [-0.2, 0) is 19.8 Å². The highest BCUT2D eigenvalue weighted by Crippen LogP contribution is 2.33. The van der Waals surface area contributed by atoms with Crippen molar-refractivity contribution in [2.45, 2.75) is 26.2 Å². The van der Waals surface area contributed by atoms with Gasteiger partial charge in [0.05, 0.1) is 0 Å². The Bertz CT molecular complexity index is 499. The number of nitrogens with two attached hydrogens (primary N) is 2. The molecule has 5 nitrogen and oxygen atoms in total. The first kappa shape index (κ1) is 13.9. The number of hydrogen-bond acceptors (Lipinski definition) is 5. The van der Waals surface area contributed by atoms with E-state index in [0.29, 0.717) is 5.69 Å². The van der Waals surface area contributed by atoms with Crippen LogP contribution in [0.25, 0.3) is 0 Å². The molecule has 0 aliphatic rings. The van der Waals surface area contributed by atoms with Gasteiger partial charge in [-0.15, -0.1) is 0 Å². The van der Waals surface area contributed by atoms with E-state index in [1.807, 2.05) is 0 Å². The van der Waals surface area contributed by atoms with Gasteiger partial charge in [0.15, 0.2) is 22.8 Å². The lowest BCUT2D eigenvalue weighted by Crippen LogP contribution is -2.47. The quantitative estimate of drug-likeness (QED) is 0.607. The Morgan fingerprint density at radius 3 is 1.72 bits per heavy atom. The Kier molecular flexibility index (Phi) is 3.55. The number of rotatable bonds is 4. The average molecular weight is 248 g/mol. The van der Waals surface area contributed by atoms with Crippen LogP contribution in [0.5, 0.6) is 0 Å². The Hall–Kier alpha value is -2.17. The zero-order chi connectivity index (χ0) is 14.1. The van der Waals surface area contributed by atoms with Crippen molar-refractivity contribution in [1.29, 1.82) is 0 Å². The maximum Gasteiger partial charge on any atom is 0.171 e. The molecule has 0 bridgehead atoms. The van der Waals surface area contributed by atoms with Gasteiger partial charge >= 0.3 is 0 Å².